The van der Waals surface area contributed by atoms with Gasteiger partial charge >= 0.3 is 0 Å². The van der Waals surface area contributed by atoms with E-state index in [1.807, 2.05) is 30.4 Å². The maximum Gasteiger partial charge on any atom is 0.0951 e. The van der Waals surface area contributed by atoms with Gasteiger partial charge in [-0.1, -0.05) is 11.6 Å². The van der Waals surface area contributed by atoms with Crippen molar-refractivity contribution in [1.29, 1.82) is 0 Å². The maximum atomic E-state index is 6.17. The zero-order chi connectivity index (χ0) is 14.2. The van der Waals surface area contributed by atoms with Crippen molar-refractivity contribution in [1.82, 2.24) is 14.9 Å². The predicted molar refractivity (Wildman–Crippen MR) is 86.9 cm³/mol. The van der Waals surface area contributed by atoms with Crippen LogP contribution in [0.3, 0.4) is 0 Å². The fraction of sp³-hybridized carbons (Fsp3) is 0.438. The zero-order valence-electron chi connectivity index (χ0n) is 11.8. The highest BCUT2D eigenvalue weighted by atomic mass is 35.5. The first-order valence-electron chi connectivity index (χ1n) is 7.47. The van der Waals surface area contributed by atoms with E-state index in [1.165, 1.54) is 29.0 Å². The summed E-state index contributed by atoms with van der Waals surface area (Å²) in [6, 6.07) is 7.32. The summed E-state index contributed by atoms with van der Waals surface area (Å²) in [5.41, 5.74) is 2.63. The van der Waals surface area contributed by atoms with Gasteiger partial charge in [-0.3, -0.25) is 0 Å². The number of aromatic nitrogens is 2. The Morgan fingerprint density at radius 1 is 1.33 bits per heavy atom. The number of nitrogens with zero attached hydrogens (tertiary/aromatic N) is 2. The SMILES string of the molecule is Clc1ccc2c(c1)C(NCc1cncn1C1CC1)CCS2. The second-order valence-electron chi connectivity index (χ2n) is 5.78. The highest BCUT2D eigenvalue weighted by Gasteiger charge is 2.26. The van der Waals surface area contributed by atoms with Gasteiger partial charge in [-0.25, -0.2) is 4.98 Å². The lowest BCUT2D eigenvalue weighted by Gasteiger charge is -2.26. The van der Waals surface area contributed by atoms with E-state index in [1.54, 1.807) is 0 Å². The first-order chi connectivity index (χ1) is 10.3. The number of fused-ring (bicyclic) bond motifs is 1. The first kappa shape index (κ1) is 13.7. The lowest BCUT2D eigenvalue weighted by Crippen LogP contribution is -2.25. The van der Waals surface area contributed by atoms with Crippen LogP contribution in [-0.4, -0.2) is 15.3 Å². The molecule has 1 saturated carbocycles. The van der Waals surface area contributed by atoms with Gasteiger partial charge in [-0.2, -0.15) is 0 Å². The molecule has 2 heterocycles. The van der Waals surface area contributed by atoms with E-state index < -0.39 is 0 Å². The molecule has 0 saturated heterocycles. The molecular weight excluding hydrogens is 302 g/mol. The van der Waals surface area contributed by atoms with Crippen LogP contribution in [0.4, 0.5) is 0 Å². The van der Waals surface area contributed by atoms with Crippen LogP contribution in [0.15, 0.2) is 35.6 Å². The molecule has 0 radical (unpaired) electrons. The zero-order valence-corrected chi connectivity index (χ0v) is 13.3. The summed E-state index contributed by atoms with van der Waals surface area (Å²) in [6.07, 6.45) is 7.69. The molecule has 5 heteroatoms. The lowest BCUT2D eigenvalue weighted by molar-refractivity contribution is 0.495. The third kappa shape index (κ3) is 2.85. The standard InChI is InChI=1S/C16H18ClN3S/c17-11-1-4-16-14(7-11)15(5-6-21-16)19-9-13-8-18-10-20(13)12-2-3-12/h1,4,7-8,10,12,15,19H,2-3,5-6,9H2. The minimum Gasteiger partial charge on any atom is -0.330 e. The van der Waals surface area contributed by atoms with Crippen molar-refractivity contribution in [2.24, 2.45) is 0 Å². The van der Waals surface area contributed by atoms with Gasteiger partial charge in [0.25, 0.3) is 0 Å². The minimum atomic E-state index is 0.391. The third-order valence-electron chi connectivity index (χ3n) is 4.23. The minimum absolute atomic E-state index is 0.391. The molecule has 4 rings (SSSR count). The molecule has 1 atom stereocenters. The van der Waals surface area contributed by atoms with Gasteiger partial charge in [0.1, 0.15) is 0 Å². The number of hydrogen-bond donors (Lipinski definition) is 1. The summed E-state index contributed by atoms with van der Waals surface area (Å²) in [5.74, 6) is 1.16. The summed E-state index contributed by atoms with van der Waals surface area (Å²) in [7, 11) is 0. The summed E-state index contributed by atoms with van der Waals surface area (Å²) in [5, 5.41) is 4.52. The maximum absolute atomic E-state index is 6.17. The van der Waals surface area contributed by atoms with Crippen molar-refractivity contribution in [3.63, 3.8) is 0 Å². The second-order valence-corrected chi connectivity index (χ2v) is 7.35. The molecule has 1 unspecified atom stereocenters. The molecule has 0 spiro atoms. The van der Waals surface area contributed by atoms with Crippen LogP contribution in [0.1, 0.15) is 42.6 Å². The fourth-order valence-electron chi connectivity index (χ4n) is 2.96. The topological polar surface area (TPSA) is 29.9 Å². The van der Waals surface area contributed by atoms with Crippen molar-refractivity contribution in [2.75, 3.05) is 5.75 Å². The van der Waals surface area contributed by atoms with Gasteiger partial charge in [0, 0.05) is 34.7 Å². The van der Waals surface area contributed by atoms with Gasteiger partial charge in [-0.05, 0) is 48.8 Å². The van der Waals surface area contributed by atoms with Crippen molar-refractivity contribution in [2.45, 2.75) is 42.8 Å². The molecule has 3 nitrogen and oxygen atoms in total. The Labute approximate surface area is 134 Å². The number of nitrogens with one attached hydrogen (secondary N) is 1. The summed E-state index contributed by atoms with van der Waals surface area (Å²) >= 11 is 8.09. The van der Waals surface area contributed by atoms with Gasteiger partial charge in [0.15, 0.2) is 0 Å². The fourth-order valence-corrected chi connectivity index (χ4v) is 4.24. The Morgan fingerprint density at radius 3 is 3.10 bits per heavy atom. The lowest BCUT2D eigenvalue weighted by atomic mass is 10.0. The van der Waals surface area contributed by atoms with E-state index in [0.717, 1.165) is 23.7 Å². The van der Waals surface area contributed by atoms with Crippen LogP contribution in [0, 0.1) is 0 Å². The monoisotopic (exact) mass is 319 g/mol. The van der Waals surface area contributed by atoms with Crippen LogP contribution in [0.2, 0.25) is 5.02 Å². The molecule has 1 aromatic heterocycles. The molecule has 1 aromatic carbocycles. The van der Waals surface area contributed by atoms with Crippen molar-refractivity contribution < 1.29 is 0 Å². The second kappa shape index (κ2) is 5.67. The molecule has 21 heavy (non-hydrogen) atoms. The number of imidazole rings is 1. The van der Waals surface area contributed by atoms with Crippen molar-refractivity contribution in [3.05, 3.63) is 47.0 Å². The molecule has 2 aromatic rings. The van der Waals surface area contributed by atoms with Crippen molar-refractivity contribution >= 4 is 23.4 Å². The number of hydrogen-bond acceptors (Lipinski definition) is 3. The third-order valence-corrected chi connectivity index (χ3v) is 5.59. The highest BCUT2D eigenvalue weighted by Crippen LogP contribution is 2.38. The highest BCUT2D eigenvalue weighted by molar-refractivity contribution is 7.99. The van der Waals surface area contributed by atoms with Gasteiger partial charge in [-0.15, -0.1) is 11.8 Å². The normalized spacial score (nSPS) is 21.3. The molecular formula is C16H18ClN3S. The summed E-state index contributed by atoms with van der Waals surface area (Å²) in [6.45, 7) is 0.873. The quantitative estimate of drug-likeness (QED) is 0.916. The smallest absolute Gasteiger partial charge is 0.0951 e. The van der Waals surface area contributed by atoms with E-state index in [-0.39, 0.29) is 0 Å². The summed E-state index contributed by atoms with van der Waals surface area (Å²) in [4.78, 5) is 5.66. The molecule has 2 aliphatic rings. The van der Waals surface area contributed by atoms with Crippen LogP contribution >= 0.6 is 23.4 Å². The van der Waals surface area contributed by atoms with E-state index in [4.69, 9.17) is 11.6 Å². The van der Waals surface area contributed by atoms with E-state index in [9.17, 15) is 0 Å². The average Bonchev–Trinajstić information content (AvgIpc) is 3.24. The number of halogens is 1. The largest absolute Gasteiger partial charge is 0.330 e. The average molecular weight is 320 g/mol. The van der Waals surface area contributed by atoms with Crippen LogP contribution in [-0.2, 0) is 6.54 Å². The molecule has 1 aliphatic heterocycles. The Bertz CT molecular complexity index is 651. The molecule has 1 N–H and O–H groups in total. The molecule has 0 bridgehead atoms. The number of rotatable bonds is 4. The Hall–Kier alpha value is -0.970. The number of thioether (sulfide) groups is 1. The summed E-state index contributed by atoms with van der Waals surface area (Å²) < 4.78 is 2.32. The van der Waals surface area contributed by atoms with Crippen LogP contribution < -0.4 is 5.32 Å². The Balaban J connectivity index is 1.50. The number of benzene rings is 1. The van der Waals surface area contributed by atoms with Gasteiger partial charge < -0.3 is 9.88 Å². The first-order valence-corrected chi connectivity index (χ1v) is 8.84. The van der Waals surface area contributed by atoms with Crippen LogP contribution in [0.25, 0.3) is 0 Å². The molecule has 1 fully saturated rings. The van der Waals surface area contributed by atoms with Crippen molar-refractivity contribution in [3.8, 4) is 0 Å². The van der Waals surface area contributed by atoms with Gasteiger partial charge in [0.2, 0.25) is 0 Å². The molecule has 110 valence electrons. The van der Waals surface area contributed by atoms with E-state index in [2.05, 4.69) is 27.0 Å². The molecule has 1 aliphatic carbocycles. The van der Waals surface area contributed by atoms with Crippen LogP contribution in [0.5, 0.6) is 0 Å². The predicted octanol–water partition coefficient (Wildman–Crippen LogP) is 4.20. The molecule has 0 amide bonds. The Morgan fingerprint density at radius 2 is 2.24 bits per heavy atom. The Kier molecular flexibility index (Phi) is 3.69. The van der Waals surface area contributed by atoms with Gasteiger partial charge in [0.05, 0.1) is 12.0 Å². The van der Waals surface area contributed by atoms with E-state index in [0.29, 0.717) is 12.1 Å². The van der Waals surface area contributed by atoms with E-state index >= 15 is 0 Å².